The monoisotopic (exact) mass is 351 g/mol. The van der Waals surface area contributed by atoms with Gasteiger partial charge in [-0.3, -0.25) is 4.79 Å². The second-order valence-electron chi connectivity index (χ2n) is 6.66. The largest absolute Gasteiger partial charge is 0.385 e. The summed E-state index contributed by atoms with van der Waals surface area (Å²) in [6, 6.07) is 17.4. The average molecular weight is 351 g/mol. The first-order valence-electron chi connectivity index (χ1n) is 9.03. The summed E-state index contributed by atoms with van der Waals surface area (Å²) in [5.74, 6) is 0.512. The Hall–Kier alpha value is -2.66. The molecule has 0 aliphatic heterocycles. The first-order chi connectivity index (χ1) is 12.5. The van der Waals surface area contributed by atoms with Crippen LogP contribution in [-0.4, -0.2) is 26.6 Å². The van der Waals surface area contributed by atoms with Crippen molar-refractivity contribution >= 4 is 22.6 Å². The van der Waals surface area contributed by atoms with Crippen molar-refractivity contribution < 1.29 is 9.90 Å². The Morgan fingerprint density at radius 3 is 2.42 bits per heavy atom. The molecular weight excluding hydrogens is 326 g/mol. The fraction of sp³-hybridized carbons (Fsp3) is 0.333. The van der Waals surface area contributed by atoms with E-state index in [1.165, 1.54) is 0 Å². The Labute approximate surface area is 153 Å². The van der Waals surface area contributed by atoms with Gasteiger partial charge in [-0.1, -0.05) is 37.3 Å². The quantitative estimate of drug-likeness (QED) is 0.732. The molecule has 0 saturated heterocycles. The van der Waals surface area contributed by atoms with E-state index in [2.05, 4.69) is 4.98 Å². The molecule has 136 valence electrons. The van der Waals surface area contributed by atoms with E-state index in [0.717, 1.165) is 16.7 Å². The van der Waals surface area contributed by atoms with E-state index < -0.39 is 6.10 Å². The lowest BCUT2D eigenvalue weighted by Gasteiger charge is -2.27. The molecular formula is C21H25N3O2. The normalized spacial score (nSPS) is 12.5. The zero-order valence-electron chi connectivity index (χ0n) is 15.5. The number of hydrogen-bond acceptors (Lipinski definition) is 3. The summed E-state index contributed by atoms with van der Waals surface area (Å²) in [7, 11) is 0. The highest BCUT2D eigenvalue weighted by atomic mass is 16.3. The second-order valence-corrected chi connectivity index (χ2v) is 6.66. The molecule has 26 heavy (non-hydrogen) atoms. The Bertz CT molecular complexity index is 887. The number of aliphatic hydroxyl groups excluding tert-OH is 1. The Morgan fingerprint density at radius 2 is 1.77 bits per heavy atom. The van der Waals surface area contributed by atoms with Crippen molar-refractivity contribution in [2.45, 2.75) is 45.9 Å². The molecule has 0 fully saturated rings. The van der Waals surface area contributed by atoms with Crippen LogP contribution in [0.1, 0.15) is 39.1 Å². The van der Waals surface area contributed by atoms with Crippen LogP contribution in [0.4, 0.5) is 5.69 Å². The maximum atomic E-state index is 13.2. The number of imidazole rings is 1. The van der Waals surface area contributed by atoms with Gasteiger partial charge in [0.15, 0.2) is 0 Å². The molecule has 0 spiro atoms. The van der Waals surface area contributed by atoms with Crippen LogP contribution >= 0.6 is 0 Å². The van der Waals surface area contributed by atoms with Gasteiger partial charge in [0.25, 0.3) is 0 Å². The van der Waals surface area contributed by atoms with Crippen molar-refractivity contribution in [3.05, 3.63) is 60.4 Å². The van der Waals surface area contributed by atoms with Crippen molar-refractivity contribution in [3.8, 4) is 0 Å². The van der Waals surface area contributed by atoms with E-state index in [1.807, 2.05) is 79.9 Å². The predicted molar refractivity (Wildman–Crippen MR) is 104 cm³/mol. The fourth-order valence-corrected chi connectivity index (χ4v) is 3.23. The van der Waals surface area contributed by atoms with E-state index >= 15 is 0 Å². The summed E-state index contributed by atoms with van der Waals surface area (Å²) in [6.45, 7) is 6.04. The van der Waals surface area contributed by atoms with Crippen LogP contribution in [0.2, 0.25) is 0 Å². The third-order valence-electron chi connectivity index (χ3n) is 4.48. The van der Waals surface area contributed by atoms with Gasteiger partial charge in [0.2, 0.25) is 5.91 Å². The van der Waals surface area contributed by atoms with E-state index in [4.69, 9.17) is 0 Å². The van der Waals surface area contributed by atoms with Gasteiger partial charge >= 0.3 is 0 Å². The van der Waals surface area contributed by atoms with E-state index in [-0.39, 0.29) is 18.5 Å². The van der Waals surface area contributed by atoms with Gasteiger partial charge in [-0.2, -0.15) is 0 Å². The smallest absolute Gasteiger partial charge is 0.247 e. The lowest BCUT2D eigenvalue weighted by molar-refractivity contribution is -0.119. The number of aliphatic hydroxyl groups is 1. The summed E-state index contributed by atoms with van der Waals surface area (Å²) in [5, 5.41) is 10.4. The predicted octanol–water partition coefficient (Wildman–Crippen LogP) is 3.92. The number of benzene rings is 2. The van der Waals surface area contributed by atoms with Crippen LogP contribution in [0.3, 0.4) is 0 Å². The minimum atomic E-state index is -0.695. The number of carbonyl (C=O) groups excluding carboxylic acids is 1. The summed E-state index contributed by atoms with van der Waals surface area (Å²) < 4.78 is 1.84. The molecule has 1 unspecified atom stereocenters. The Balaban J connectivity index is 2.00. The summed E-state index contributed by atoms with van der Waals surface area (Å²) in [5.41, 5.74) is 2.52. The molecule has 1 N–H and O–H groups in total. The van der Waals surface area contributed by atoms with Gasteiger partial charge in [0, 0.05) is 11.7 Å². The Kier molecular flexibility index (Phi) is 5.38. The number of nitrogens with zero attached hydrogens (tertiary/aromatic N) is 3. The zero-order chi connectivity index (χ0) is 18.7. The van der Waals surface area contributed by atoms with Crippen molar-refractivity contribution in [2.24, 2.45) is 0 Å². The lowest BCUT2D eigenvalue weighted by Crippen LogP contribution is -2.39. The molecule has 0 saturated carbocycles. The standard InChI is InChI=1S/C21H25N3O2/c1-4-19(25)21-22-17-12-8-9-13-18(17)23(21)14-20(26)24(15(2)3)16-10-6-5-7-11-16/h5-13,15,19,25H,4,14H2,1-3H3. The van der Waals surface area contributed by atoms with Crippen LogP contribution in [0.15, 0.2) is 54.6 Å². The number of hydrogen-bond donors (Lipinski definition) is 1. The summed E-state index contributed by atoms with van der Waals surface area (Å²) in [6.07, 6.45) is -0.149. The number of amides is 1. The maximum absolute atomic E-state index is 13.2. The minimum Gasteiger partial charge on any atom is -0.385 e. The molecule has 5 heteroatoms. The van der Waals surface area contributed by atoms with E-state index in [1.54, 1.807) is 4.90 Å². The van der Waals surface area contributed by atoms with Crippen LogP contribution in [0.25, 0.3) is 11.0 Å². The molecule has 5 nitrogen and oxygen atoms in total. The molecule has 0 radical (unpaired) electrons. The fourth-order valence-electron chi connectivity index (χ4n) is 3.23. The van der Waals surface area contributed by atoms with E-state index in [9.17, 15) is 9.90 Å². The lowest BCUT2D eigenvalue weighted by atomic mass is 10.2. The van der Waals surface area contributed by atoms with Crippen molar-refractivity contribution in [1.29, 1.82) is 0 Å². The molecule has 2 aromatic carbocycles. The number of anilines is 1. The summed E-state index contributed by atoms with van der Waals surface area (Å²) in [4.78, 5) is 19.5. The van der Waals surface area contributed by atoms with E-state index in [0.29, 0.717) is 12.2 Å². The Morgan fingerprint density at radius 1 is 1.12 bits per heavy atom. The highest BCUT2D eigenvalue weighted by molar-refractivity contribution is 5.94. The van der Waals surface area contributed by atoms with Crippen molar-refractivity contribution in [2.75, 3.05) is 4.90 Å². The maximum Gasteiger partial charge on any atom is 0.247 e. The SMILES string of the molecule is CCC(O)c1nc2ccccc2n1CC(=O)N(c1ccccc1)C(C)C. The molecule has 0 bridgehead atoms. The zero-order valence-corrected chi connectivity index (χ0v) is 15.5. The second kappa shape index (κ2) is 7.70. The van der Waals surface area contributed by atoms with Crippen LogP contribution in [0, 0.1) is 0 Å². The molecule has 1 heterocycles. The van der Waals surface area contributed by atoms with Gasteiger partial charge in [0.05, 0.1) is 11.0 Å². The molecule has 0 aliphatic rings. The highest BCUT2D eigenvalue weighted by Gasteiger charge is 2.23. The van der Waals surface area contributed by atoms with Gasteiger partial charge < -0.3 is 14.6 Å². The summed E-state index contributed by atoms with van der Waals surface area (Å²) >= 11 is 0. The van der Waals surface area contributed by atoms with Crippen molar-refractivity contribution in [3.63, 3.8) is 0 Å². The first kappa shape index (κ1) is 18.1. The highest BCUT2D eigenvalue weighted by Crippen LogP contribution is 2.24. The number of carbonyl (C=O) groups is 1. The topological polar surface area (TPSA) is 58.4 Å². The van der Waals surface area contributed by atoms with Gasteiger partial charge in [-0.15, -0.1) is 0 Å². The third kappa shape index (κ3) is 3.48. The van der Waals surface area contributed by atoms with Gasteiger partial charge in [-0.25, -0.2) is 4.98 Å². The van der Waals surface area contributed by atoms with Crippen LogP contribution < -0.4 is 4.90 Å². The van der Waals surface area contributed by atoms with Crippen molar-refractivity contribution in [1.82, 2.24) is 9.55 Å². The molecule has 1 amide bonds. The van der Waals surface area contributed by atoms with Crippen LogP contribution in [-0.2, 0) is 11.3 Å². The number of fused-ring (bicyclic) bond motifs is 1. The molecule has 1 atom stereocenters. The number of para-hydroxylation sites is 3. The third-order valence-corrected chi connectivity index (χ3v) is 4.48. The first-order valence-corrected chi connectivity index (χ1v) is 9.03. The molecule has 3 aromatic rings. The number of aromatic nitrogens is 2. The molecule has 1 aromatic heterocycles. The van der Waals surface area contributed by atoms with Gasteiger partial charge in [-0.05, 0) is 44.5 Å². The van der Waals surface area contributed by atoms with Crippen LogP contribution in [0.5, 0.6) is 0 Å². The van der Waals surface area contributed by atoms with Gasteiger partial charge in [0.1, 0.15) is 18.5 Å². The molecule has 0 aliphatic carbocycles. The number of rotatable bonds is 6. The average Bonchev–Trinajstić information content (AvgIpc) is 3.00. The minimum absolute atomic E-state index is 0.0271. The molecule has 3 rings (SSSR count).